The minimum atomic E-state index is -0.268. The average Bonchev–Trinajstić information content (AvgIpc) is 2.68. The van der Waals surface area contributed by atoms with Gasteiger partial charge < -0.3 is 19.9 Å². The summed E-state index contributed by atoms with van der Waals surface area (Å²) in [4.78, 5) is 12.0. The molecule has 0 bridgehead atoms. The number of carbonyl (C=O) groups excluding carboxylic acids is 1. The highest BCUT2D eigenvalue weighted by molar-refractivity contribution is 5.81. The minimum Gasteiger partial charge on any atom is -0.502 e. The number of ether oxygens (including phenoxy) is 2. The molecule has 1 amide bonds. The number of hydrogen-bond donors (Lipinski definition) is 2. The smallest absolute Gasteiger partial charge is 0.229 e. The van der Waals surface area contributed by atoms with Crippen LogP contribution >= 0.6 is 0 Å². The molecule has 0 aliphatic carbocycles. The molecule has 2 N–H and O–H groups in total. The molecule has 0 spiro atoms. The van der Waals surface area contributed by atoms with Crippen LogP contribution in [0.5, 0.6) is 17.2 Å². The first kappa shape index (κ1) is 19.6. The molecule has 0 unspecified atom stereocenters. The van der Waals surface area contributed by atoms with Gasteiger partial charge in [-0.15, -0.1) is 0 Å². The maximum absolute atomic E-state index is 12.0. The highest BCUT2D eigenvalue weighted by Crippen LogP contribution is 2.37. The van der Waals surface area contributed by atoms with Crippen molar-refractivity contribution in [3.63, 3.8) is 0 Å². The van der Waals surface area contributed by atoms with E-state index in [-0.39, 0.29) is 35.3 Å². The van der Waals surface area contributed by atoms with Crippen molar-refractivity contribution in [1.82, 2.24) is 5.32 Å². The van der Waals surface area contributed by atoms with Crippen molar-refractivity contribution in [2.45, 2.75) is 6.42 Å². The maximum Gasteiger partial charge on any atom is 0.229 e. The molecule has 6 heteroatoms. The molecular weight excluding hydrogens is 344 g/mol. The summed E-state index contributed by atoms with van der Waals surface area (Å²) in [7, 11) is 2.88. The molecule has 0 saturated heterocycles. The van der Waals surface area contributed by atoms with Crippen LogP contribution in [0.25, 0.3) is 6.08 Å². The molecule has 138 valence electrons. The second kappa shape index (κ2) is 9.68. The van der Waals surface area contributed by atoms with Crippen LogP contribution in [0.4, 0.5) is 0 Å². The lowest BCUT2D eigenvalue weighted by Crippen LogP contribution is -2.23. The summed E-state index contributed by atoms with van der Waals surface area (Å²) in [5, 5.41) is 21.7. The molecule has 2 aromatic rings. The van der Waals surface area contributed by atoms with Gasteiger partial charge in [0.15, 0.2) is 11.5 Å². The number of methoxy groups -OCH3 is 2. The zero-order valence-corrected chi connectivity index (χ0v) is 15.1. The maximum atomic E-state index is 12.0. The first-order chi connectivity index (χ1) is 13.1. The quantitative estimate of drug-likeness (QED) is 0.581. The van der Waals surface area contributed by atoms with Crippen LogP contribution in [0, 0.1) is 11.3 Å². The number of nitrogens with zero attached hydrogens (tertiary/aromatic N) is 1. The summed E-state index contributed by atoms with van der Waals surface area (Å²) in [5.74, 6) is 0.193. The highest BCUT2D eigenvalue weighted by atomic mass is 16.5. The van der Waals surface area contributed by atoms with E-state index in [1.165, 1.54) is 20.3 Å². The molecule has 0 saturated carbocycles. The van der Waals surface area contributed by atoms with E-state index in [0.29, 0.717) is 5.56 Å². The third kappa shape index (κ3) is 5.65. The Balaban J connectivity index is 2.08. The van der Waals surface area contributed by atoms with Gasteiger partial charge in [0.1, 0.15) is 11.8 Å². The van der Waals surface area contributed by atoms with Gasteiger partial charge in [-0.1, -0.05) is 42.5 Å². The van der Waals surface area contributed by atoms with E-state index in [2.05, 4.69) is 5.32 Å². The predicted molar refractivity (Wildman–Crippen MR) is 102 cm³/mol. The topological polar surface area (TPSA) is 91.6 Å². The molecular formula is C21H20N2O4. The van der Waals surface area contributed by atoms with Crippen LogP contribution in [0.2, 0.25) is 0 Å². The van der Waals surface area contributed by atoms with Crippen molar-refractivity contribution >= 4 is 12.0 Å². The van der Waals surface area contributed by atoms with Crippen molar-refractivity contribution in [3.8, 4) is 23.3 Å². The normalized spacial score (nSPS) is 11.1. The monoisotopic (exact) mass is 364 g/mol. The van der Waals surface area contributed by atoms with Crippen molar-refractivity contribution in [1.29, 1.82) is 5.26 Å². The molecule has 0 atom stereocenters. The van der Waals surface area contributed by atoms with Gasteiger partial charge in [-0.2, -0.15) is 5.26 Å². The standard InChI is InChI=1S/C21H20N2O4/c1-26-18-11-16(12-19(27-2)21(18)25)9-6-10-17(14-22)23-20(24)13-15-7-4-3-5-8-15/h3-12,25H,13H2,1-2H3,(H,23,24). The number of phenolic OH excluding ortho intramolecular Hbond substituents is 1. The Bertz CT molecular complexity index is 871. The minimum absolute atomic E-state index is 0.0846. The van der Waals surface area contributed by atoms with Gasteiger partial charge in [0.2, 0.25) is 11.7 Å². The molecule has 0 aliphatic heterocycles. The van der Waals surface area contributed by atoms with Crippen LogP contribution in [0.3, 0.4) is 0 Å². The van der Waals surface area contributed by atoms with E-state index < -0.39 is 0 Å². The summed E-state index contributed by atoms with van der Waals surface area (Å²) in [6, 6.07) is 14.5. The summed E-state index contributed by atoms with van der Waals surface area (Å²) in [6.07, 6.45) is 5.00. The lowest BCUT2D eigenvalue weighted by atomic mass is 10.1. The highest BCUT2D eigenvalue weighted by Gasteiger charge is 2.09. The summed E-state index contributed by atoms with van der Waals surface area (Å²) < 4.78 is 10.2. The van der Waals surface area contributed by atoms with Gasteiger partial charge in [0.25, 0.3) is 0 Å². The zero-order chi connectivity index (χ0) is 19.6. The first-order valence-electron chi connectivity index (χ1n) is 8.14. The van der Waals surface area contributed by atoms with E-state index in [0.717, 1.165) is 5.56 Å². The third-order valence-electron chi connectivity index (χ3n) is 3.66. The fourth-order valence-corrected chi connectivity index (χ4v) is 2.35. The number of hydrogen-bond acceptors (Lipinski definition) is 5. The van der Waals surface area contributed by atoms with E-state index in [1.807, 2.05) is 36.4 Å². The molecule has 0 fully saturated rings. The Labute approximate surface area is 158 Å². The number of aromatic hydroxyl groups is 1. The number of carbonyl (C=O) groups is 1. The Morgan fingerprint density at radius 2 is 1.81 bits per heavy atom. The zero-order valence-electron chi connectivity index (χ0n) is 15.1. The molecule has 0 aromatic heterocycles. The van der Waals surface area contributed by atoms with Crippen LogP contribution in [0.1, 0.15) is 11.1 Å². The second-order valence-corrected chi connectivity index (χ2v) is 5.54. The van der Waals surface area contributed by atoms with E-state index in [9.17, 15) is 15.2 Å². The predicted octanol–water partition coefficient (Wildman–Crippen LogP) is 3.19. The number of allylic oxidation sites excluding steroid dienone is 3. The number of amides is 1. The molecule has 2 aromatic carbocycles. The van der Waals surface area contributed by atoms with Crippen molar-refractivity contribution in [3.05, 3.63) is 71.4 Å². The first-order valence-corrected chi connectivity index (χ1v) is 8.14. The third-order valence-corrected chi connectivity index (χ3v) is 3.66. The fraction of sp³-hybridized carbons (Fsp3) is 0.143. The van der Waals surface area contributed by atoms with Gasteiger partial charge >= 0.3 is 0 Å². The number of nitriles is 1. The molecule has 2 rings (SSSR count). The van der Waals surface area contributed by atoms with Crippen LogP contribution in [-0.4, -0.2) is 25.2 Å². The Hall–Kier alpha value is -3.72. The molecule has 0 radical (unpaired) electrons. The van der Waals surface area contributed by atoms with Crippen molar-refractivity contribution in [2.75, 3.05) is 14.2 Å². The summed E-state index contributed by atoms with van der Waals surface area (Å²) in [6.45, 7) is 0. The number of rotatable bonds is 7. The largest absolute Gasteiger partial charge is 0.502 e. The van der Waals surface area contributed by atoms with E-state index >= 15 is 0 Å². The van der Waals surface area contributed by atoms with Crippen LogP contribution < -0.4 is 14.8 Å². The molecule has 0 heterocycles. The van der Waals surface area contributed by atoms with Gasteiger partial charge in [0, 0.05) is 0 Å². The van der Waals surface area contributed by atoms with Crippen molar-refractivity contribution < 1.29 is 19.4 Å². The van der Waals surface area contributed by atoms with Gasteiger partial charge in [-0.3, -0.25) is 4.79 Å². The summed E-state index contributed by atoms with van der Waals surface area (Å²) >= 11 is 0. The molecule has 0 aliphatic rings. The molecule has 6 nitrogen and oxygen atoms in total. The van der Waals surface area contributed by atoms with E-state index in [1.54, 1.807) is 24.3 Å². The lowest BCUT2D eigenvalue weighted by Gasteiger charge is -2.09. The second-order valence-electron chi connectivity index (χ2n) is 5.54. The summed E-state index contributed by atoms with van der Waals surface area (Å²) in [5.41, 5.74) is 1.70. The van der Waals surface area contributed by atoms with E-state index in [4.69, 9.17) is 9.47 Å². The van der Waals surface area contributed by atoms with Crippen molar-refractivity contribution in [2.24, 2.45) is 0 Å². The fourth-order valence-electron chi connectivity index (χ4n) is 2.35. The molecule has 27 heavy (non-hydrogen) atoms. The van der Waals surface area contributed by atoms with Crippen LogP contribution in [0.15, 0.2) is 60.3 Å². The lowest BCUT2D eigenvalue weighted by molar-refractivity contribution is -0.119. The van der Waals surface area contributed by atoms with Crippen LogP contribution in [-0.2, 0) is 11.2 Å². The van der Waals surface area contributed by atoms with Gasteiger partial charge in [0.05, 0.1) is 20.6 Å². The Morgan fingerprint density at radius 1 is 1.19 bits per heavy atom. The average molecular weight is 364 g/mol. The number of benzene rings is 2. The van der Waals surface area contributed by atoms with Gasteiger partial charge in [-0.25, -0.2) is 0 Å². The Morgan fingerprint density at radius 3 is 2.37 bits per heavy atom. The SMILES string of the molecule is COc1cc(C=CC=C(C#N)NC(=O)Cc2ccccc2)cc(OC)c1O. The number of phenols is 1. The van der Waals surface area contributed by atoms with Gasteiger partial charge in [-0.05, 0) is 29.3 Å². The Kier molecular flexibility index (Phi) is 7.03. The number of nitrogens with one attached hydrogen (secondary N) is 1.